The Morgan fingerprint density at radius 3 is 1.10 bits per heavy atom. The summed E-state index contributed by atoms with van der Waals surface area (Å²) in [4.78, 5) is 76.9. The molecule has 0 fully saturated rings. The largest absolute Gasteiger partial charge is 0.386 e. The van der Waals surface area contributed by atoms with Gasteiger partial charge in [0.1, 0.15) is 0 Å². The lowest BCUT2D eigenvalue weighted by atomic mass is 10.2. The maximum atomic E-state index is 12.7. The highest BCUT2D eigenvalue weighted by Gasteiger charge is 2.20. The Morgan fingerprint density at radius 2 is 0.786 bits per heavy atom. The van der Waals surface area contributed by atoms with Crippen molar-refractivity contribution < 1.29 is 58.5 Å². The van der Waals surface area contributed by atoms with E-state index in [2.05, 4.69) is 0 Å². The van der Waals surface area contributed by atoms with Crippen molar-refractivity contribution in [2.75, 3.05) is 26.4 Å². The molecule has 2 aromatic rings. The van der Waals surface area contributed by atoms with Gasteiger partial charge in [0.2, 0.25) is 23.0 Å². The molecule has 12 heteroatoms. The van der Waals surface area contributed by atoms with E-state index in [0.717, 1.165) is 51.4 Å². The molecule has 0 aliphatic carbocycles. The van der Waals surface area contributed by atoms with Gasteiger partial charge in [-0.05, 0) is 49.9 Å². The van der Waals surface area contributed by atoms with Crippen LogP contribution >= 0.6 is 0 Å². The van der Waals surface area contributed by atoms with Crippen LogP contribution in [0.5, 0.6) is 23.0 Å². The van der Waals surface area contributed by atoms with E-state index in [1.165, 1.54) is 36.4 Å². The Labute approximate surface area is 246 Å². The molecule has 0 spiro atoms. The fourth-order valence-electron chi connectivity index (χ4n) is 2.94. The molecular formula is C30H42O12. The molecule has 2 rings (SSSR count). The fourth-order valence-corrected chi connectivity index (χ4v) is 2.94. The number of rotatable bonds is 22. The minimum absolute atomic E-state index is 0.0131. The molecule has 0 aromatic heterocycles. The Hall–Kier alpha value is -3.58. The first kappa shape index (κ1) is 34.6. The van der Waals surface area contributed by atoms with Crippen LogP contribution in [0, 0.1) is 0 Å². The quantitative estimate of drug-likeness (QED) is 0.0787. The summed E-state index contributed by atoms with van der Waals surface area (Å²) >= 11 is 0. The molecule has 0 unspecified atom stereocenters. The van der Waals surface area contributed by atoms with Crippen molar-refractivity contribution >= 4 is 11.9 Å². The number of unbranched alkanes of at least 4 members (excludes halogenated alkanes) is 4. The van der Waals surface area contributed by atoms with Gasteiger partial charge in [0.05, 0.1) is 37.6 Å². The van der Waals surface area contributed by atoms with Crippen LogP contribution in [0.1, 0.15) is 99.8 Å². The number of benzene rings is 2. The second-order valence-corrected chi connectivity index (χ2v) is 9.10. The van der Waals surface area contributed by atoms with Crippen molar-refractivity contribution in [2.24, 2.45) is 0 Å². The van der Waals surface area contributed by atoms with Gasteiger partial charge >= 0.3 is 11.9 Å². The van der Waals surface area contributed by atoms with Gasteiger partial charge in [-0.1, -0.05) is 53.4 Å². The van der Waals surface area contributed by atoms with Gasteiger partial charge in [-0.15, -0.1) is 0 Å². The standard InChI is InChI=1S/C30H42O12/c1-5-9-17-33-37-25-15-13-23(21-27(25)39-35-19-11-7-3)29(31)41-42-30(32)24-14-16-26(38-34-18-10-6-2)28(22-24)40-36-20-12-8-4/h13-16,21-22H,5-12,17-20H2,1-4H3. The highest BCUT2D eigenvalue weighted by atomic mass is 17.2. The van der Waals surface area contributed by atoms with E-state index in [9.17, 15) is 9.59 Å². The van der Waals surface area contributed by atoms with Gasteiger partial charge in [-0.2, -0.15) is 19.6 Å². The molecule has 12 nitrogen and oxygen atoms in total. The van der Waals surface area contributed by atoms with E-state index in [0.29, 0.717) is 26.4 Å². The van der Waals surface area contributed by atoms with Crippen LogP contribution in [0.4, 0.5) is 0 Å². The molecule has 42 heavy (non-hydrogen) atoms. The number of hydrogen-bond donors (Lipinski definition) is 0. The van der Waals surface area contributed by atoms with Gasteiger partial charge in [0.25, 0.3) is 0 Å². The monoisotopic (exact) mass is 594 g/mol. The average Bonchev–Trinajstić information content (AvgIpc) is 3.01. The Kier molecular flexibility index (Phi) is 17.5. The SMILES string of the molecule is CCCCOOc1ccc(C(=O)OOC(=O)c2ccc(OOCCCC)c(OOCCCC)c2)cc1OOCCCC. The normalized spacial score (nSPS) is 10.7. The minimum Gasteiger partial charge on any atom is -0.333 e. The van der Waals surface area contributed by atoms with Crippen LogP contribution in [0.15, 0.2) is 36.4 Å². The van der Waals surface area contributed by atoms with Crippen LogP contribution in [0.25, 0.3) is 0 Å². The van der Waals surface area contributed by atoms with Crippen LogP contribution in [0.2, 0.25) is 0 Å². The summed E-state index contributed by atoms with van der Waals surface area (Å²) in [6, 6.07) is 8.35. The summed E-state index contributed by atoms with van der Waals surface area (Å²) in [5, 5.41) is 0. The molecule has 0 atom stereocenters. The predicted molar refractivity (Wildman–Crippen MR) is 150 cm³/mol. The van der Waals surface area contributed by atoms with Gasteiger partial charge < -0.3 is 19.6 Å². The predicted octanol–water partition coefficient (Wildman–Crippen LogP) is 7.06. The average molecular weight is 595 g/mol. The van der Waals surface area contributed by atoms with Gasteiger partial charge in [-0.25, -0.2) is 19.4 Å². The Morgan fingerprint density at radius 1 is 0.476 bits per heavy atom. The number of carbonyl (C=O) groups excluding carboxylic acids is 2. The Bertz CT molecular complexity index is 975. The van der Waals surface area contributed by atoms with Crippen molar-refractivity contribution in [2.45, 2.75) is 79.1 Å². The third-order valence-electron chi connectivity index (χ3n) is 5.47. The van der Waals surface area contributed by atoms with Crippen LogP contribution in [0.3, 0.4) is 0 Å². The first-order valence-electron chi connectivity index (χ1n) is 14.4. The maximum Gasteiger partial charge on any atom is 0.386 e. The van der Waals surface area contributed by atoms with Gasteiger partial charge in [-0.3, -0.25) is 0 Å². The lowest BCUT2D eigenvalue weighted by Crippen LogP contribution is -2.13. The lowest BCUT2D eigenvalue weighted by Gasteiger charge is -2.12. The topological polar surface area (TPSA) is 126 Å². The van der Waals surface area contributed by atoms with Crippen molar-refractivity contribution in [1.82, 2.24) is 0 Å². The summed E-state index contributed by atoms with van der Waals surface area (Å²) < 4.78 is 0. The third kappa shape index (κ3) is 12.9. The van der Waals surface area contributed by atoms with Crippen LogP contribution in [-0.4, -0.2) is 38.4 Å². The molecule has 0 saturated carbocycles. The van der Waals surface area contributed by atoms with Gasteiger partial charge in [0.15, 0.2) is 0 Å². The highest BCUT2D eigenvalue weighted by Crippen LogP contribution is 2.31. The fraction of sp³-hybridized carbons (Fsp3) is 0.533. The molecule has 234 valence electrons. The summed E-state index contributed by atoms with van der Waals surface area (Å²) in [7, 11) is 0. The Balaban J connectivity index is 2.06. The van der Waals surface area contributed by atoms with E-state index < -0.39 is 11.9 Å². The first-order valence-corrected chi connectivity index (χ1v) is 14.4. The zero-order chi connectivity index (χ0) is 30.4. The molecular weight excluding hydrogens is 552 g/mol. The molecule has 0 saturated heterocycles. The molecule has 0 N–H and O–H groups in total. The smallest absolute Gasteiger partial charge is 0.333 e. The number of hydrogen-bond acceptors (Lipinski definition) is 12. The maximum absolute atomic E-state index is 12.7. The highest BCUT2D eigenvalue weighted by molar-refractivity contribution is 5.93. The van der Waals surface area contributed by atoms with Crippen LogP contribution < -0.4 is 19.6 Å². The van der Waals surface area contributed by atoms with Crippen molar-refractivity contribution in [3.05, 3.63) is 47.5 Å². The summed E-state index contributed by atoms with van der Waals surface area (Å²) in [5.74, 6) is -1.33. The third-order valence-corrected chi connectivity index (χ3v) is 5.47. The molecule has 0 heterocycles. The van der Waals surface area contributed by atoms with E-state index in [4.69, 9.17) is 48.9 Å². The minimum atomic E-state index is -0.955. The molecule has 0 amide bonds. The first-order chi connectivity index (χ1) is 20.5. The second-order valence-electron chi connectivity index (χ2n) is 9.10. The zero-order valence-corrected chi connectivity index (χ0v) is 24.8. The van der Waals surface area contributed by atoms with E-state index in [1.807, 2.05) is 27.7 Å². The summed E-state index contributed by atoms with van der Waals surface area (Å²) in [6.07, 6.45) is 6.85. The number of carbonyl (C=O) groups is 2. The van der Waals surface area contributed by atoms with E-state index in [-0.39, 0.29) is 34.1 Å². The summed E-state index contributed by atoms with van der Waals surface area (Å²) in [6.45, 7) is 9.50. The molecule has 0 aliphatic rings. The van der Waals surface area contributed by atoms with E-state index in [1.54, 1.807) is 0 Å². The summed E-state index contributed by atoms with van der Waals surface area (Å²) in [5.41, 5.74) is 0.0262. The molecule has 2 aromatic carbocycles. The second kappa shape index (κ2) is 21.2. The molecule has 0 bridgehead atoms. The van der Waals surface area contributed by atoms with Crippen molar-refractivity contribution in [1.29, 1.82) is 0 Å². The van der Waals surface area contributed by atoms with Crippen molar-refractivity contribution in [3.63, 3.8) is 0 Å². The lowest BCUT2D eigenvalue weighted by molar-refractivity contribution is -0.229. The molecule has 0 aliphatic heterocycles. The van der Waals surface area contributed by atoms with E-state index >= 15 is 0 Å². The van der Waals surface area contributed by atoms with Crippen molar-refractivity contribution in [3.8, 4) is 23.0 Å². The molecule has 0 radical (unpaired) electrons. The zero-order valence-electron chi connectivity index (χ0n) is 24.8. The van der Waals surface area contributed by atoms with Crippen LogP contribution in [-0.2, 0) is 29.3 Å². The van der Waals surface area contributed by atoms with Gasteiger partial charge in [0, 0.05) is 12.1 Å².